The number of hydrogen-bond donors (Lipinski definition) is 3. The van der Waals surface area contributed by atoms with E-state index in [1.807, 2.05) is 0 Å². The largest absolute Gasteiger partial charge is 0.506 e. The number of phenolic OH excluding ortho intramolecular Hbond substituents is 1. The van der Waals surface area contributed by atoms with E-state index >= 15 is 0 Å². The molecule has 0 saturated heterocycles. The van der Waals surface area contributed by atoms with E-state index in [4.69, 9.17) is 10.5 Å². The molecule has 2 rings (SSSR count). The molecule has 5 heteroatoms. The fourth-order valence-electron chi connectivity index (χ4n) is 1.50. The third-order valence-electron chi connectivity index (χ3n) is 2.24. The Morgan fingerprint density at radius 3 is 3.07 bits per heavy atom. The Morgan fingerprint density at radius 1 is 1.53 bits per heavy atom. The highest BCUT2D eigenvalue weighted by Gasteiger charge is 2.28. The molecule has 1 atom stereocenters. The van der Waals surface area contributed by atoms with E-state index in [0.29, 0.717) is 24.4 Å². The predicted octanol–water partition coefficient (Wildman–Crippen LogP) is 0.440. The molecule has 0 aliphatic carbocycles. The fraction of sp³-hybridized carbons (Fsp3) is 0.300. The first kappa shape index (κ1) is 9.79. The second kappa shape index (κ2) is 3.78. The summed E-state index contributed by atoms with van der Waals surface area (Å²) in [5, 5.41) is 12.1. The molecule has 0 aromatic heterocycles. The van der Waals surface area contributed by atoms with Gasteiger partial charge < -0.3 is 20.9 Å². The number of benzene rings is 1. The first-order chi connectivity index (χ1) is 7.22. The molecule has 0 fully saturated rings. The van der Waals surface area contributed by atoms with Crippen molar-refractivity contribution < 1.29 is 14.6 Å². The second-order valence-corrected chi connectivity index (χ2v) is 3.32. The highest BCUT2D eigenvalue weighted by Crippen LogP contribution is 2.37. The molecular weight excluding hydrogens is 196 g/mol. The number of nitrogens with one attached hydrogen (secondary N) is 1. The summed E-state index contributed by atoms with van der Waals surface area (Å²) < 4.78 is 5.41. The summed E-state index contributed by atoms with van der Waals surface area (Å²) >= 11 is 0. The number of ether oxygens (including phenoxy) is 1. The first-order valence-corrected chi connectivity index (χ1v) is 4.72. The number of phenols is 1. The molecule has 0 spiro atoms. The lowest BCUT2D eigenvalue weighted by Crippen LogP contribution is -2.38. The Kier molecular flexibility index (Phi) is 2.47. The Labute approximate surface area is 86.8 Å². The average Bonchev–Trinajstić information content (AvgIpc) is 2.21. The first-order valence-electron chi connectivity index (χ1n) is 4.72. The van der Waals surface area contributed by atoms with Crippen LogP contribution in [0.15, 0.2) is 18.2 Å². The van der Waals surface area contributed by atoms with Gasteiger partial charge in [-0.15, -0.1) is 0 Å². The van der Waals surface area contributed by atoms with Gasteiger partial charge in [0.15, 0.2) is 6.10 Å². The lowest BCUT2D eigenvalue weighted by Gasteiger charge is -2.25. The fourth-order valence-corrected chi connectivity index (χ4v) is 1.50. The molecular formula is C10H12N2O3. The molecule has 1 aromatic rings. The number of anilines is 1. The van der Waals surface area contributed by atoms with Gasteiger partial charge in [-0.2, -0.15) is 0 Å². The molecule has 0 saturated carbocycles. The van der Waals surface area contributed by atoms with E-state index < -0.39 is 6.10 Å². The van der Waals surface area contributed by atoms with E-state index in [2.05, 4.69) is 5.32 Å². The monoisotopic (exact) mass is 208 g/mol. The standard InChI is InChI=1S/C10H12N2O3/c11-5-4-8-10(14)12-9-6(13)2-1-3-7(9)15-8/h1-3,8,13H,4-5,11H2,(H,12,14). The summed E-state index contributed by atoms with van der Waals surface area (Å²) in [6.45, 7) is 0.381. The molecule has 15 heavy (non-hydrogen) atoms. The van der Waals surface area contributed by atoms with Gasteiger partial charge in [0.1, 0.15) is 17.2 Å². The average molecular weight is 208 g/mol. The third-order valence-corrected chi connectivity index (χ3v) is 2.24. The van der Waals surface area contributed by atoms with Gasteiger partial charge in [0.05, 0.1) is 0 Å². The van der Waals surface area contributed by atoms with Crippen LogP contribution in [0.25, 0.3) is 0 Å². The summed E-state index contributed by atoms with van der Waals surface area (Å²) in [7, 11) is 0. The molecule has 80 valence electrons. The molecule has 1 amide bonds. The van der Waals surface area contributed by atoms with Gasteiger partial charge in [0.2, 0.25) is 0 Å². The van der Waals surface area contributed by atoms with Crippen LogP contribution in [0.2, 0.25) is 0 Å². The van der Waals surface area contributed by atoms with Crippen molar-refractivity contribution in [3.8, 4) is 11.5 Å². The van der Waals surface area contributed by atoms with Crippen LogP contribution in [0, 0.1) is 0 Å². The molecule has 1 aliphatic rings. The van der Waals surface area contributed by atoms with E-state index in [-0.39, 0.29) is 11.7 Å². The van der Waals surface area contributed by atoms with Crippen LogP contribution in [0.5, 0.6) is 11.5 Å². The number of fused-ring (bicyclic) bond motifs is 1. The van der Waals surface area contributed by atoms with Crippen LogP contribution >= 0.6 is 0 Å². The van der Waals surface area contributed by atoms with Crippen molar-refractivity contribution in [1.29, 1.82) is 0 Å². The van der Waals surface area contributed by atoms with Crippen LogP contribution in [-0.4, -0.2) is 23.7 Å². The van der Waals surface area contributed by atoms with Gasteiger partial charge in [0.25, 0.3) is 5.91 Å². The molecule has 0 bridgehead atoms. The Balaban J connectivity index is 2.30. The molecule has 1 heterocycles. The smallest absolute Gasteiger partial charge is 0.265 e. The Bertz CT molecular complexity index is 392. The van der Waals surface area contributed by atoms with Crippen LogP contribution in [-0.2, 0) is 4.79 Å². The normalized spacial score (nSPS) is 19.0. The number of amides is 1. The van der Waals surface area contributed by atoms with Crippen molar-refractivity contribution in [3.05, 3.63) is 18.2 Å². The number of hydrogen-bond acceptors (Lipinski definition) is 4. The summed E-state index contributed by atoms with van der Waals surface area (Å²) in [5.74, 6) is 0.217. The predicted molar refractivity (Wildman–Crippen MR) is 54.8 cm³/mol. The van der Waals surface area contributed by atoms with Crippen molar-refractivity contribution in [2.24, 2.45) is 5.73 Å². The third kappa shape index (κ3) is 1.73. The van der Waals surface area contributed by atoms with Gasteiger partial charge in [-0.25, -0.2) is 0 Å². The quantitative estimate of drug-likeness (QED) is 0.616. The van der Waals surface area contributed by atoms with Crippen LogP contribution in [0.1, 0.15) is 6.42 Å². The number of aromatic hydroxyl groups is 1. The minimum Gasteiger partial charge on any atom is -0.506 e. The zero-order valence-corrected chi connectivity index (χ0v) is 8.06. The van der Waals surface area contributed by atoms with E-state index in [1.165, 1.54) is 6.07 Å². The van der Waals surface area contributed by atoms with Crippen molar-refractivity contribution in [2.45, 2.75) is 12.5 Å². The minimum atomic E-state index is -0.565. The summed E-state index contributed by atoms with van der Waals surface area (Å²) in [6.07, 6.45) is -0.106. The van der Waals surface area contributed by atoms with E-state index in [0.717, 1.165) is 0 Å². The Hall–Kier alpha value is -1.75. The number of carbonyl (C=O) groups excluding carboxylic acids is 1. The van der Waals surface area contributed by atoms with Crippen LogP contribution in [0.4, 0.5) is 5.69 Å². The number of carbonyl (C=O) groups is 1. The SMILES string of the molecule is NCCC1Oc2cccc(O)c2NC1=O. The summed E-state index contributed by atoms with van der Waals surface area (Å²) in [5.41, 5.74) is 5.69. The number of para-hydroxylation sites is 1. The van der Waals surface area contributed by atoms with Crippen molar-refractivity contribution in [1.82, 2.24) is 0 Å². The second-order valence-electron chi connectivity index (χ2n) is 3.32. The minimum absolute atomic E-state index is 0.00653. The highest BCUT2D eigenvalue weighted by molar-refractivity contribution is 5.99. The van der Waals surface area contributed by atoms with E-state index in [1.54, 1.807) is 12.1 Å². The molecule has 1 aliphatic heterocycles. The zero-order valence-electron chi connectivity index (χ0n) is 8.06. The molecule has 5 nitrogen and oxygen atoms in total. The lowest BCUT2D eigenvalue weighted by molar-refractivity contribution is -0.123. The van der Waals surface area contributed by atoms with Gasteiger partial charge in [-0.1, -0.05) is 6.07 Å². The van der Waals surface area contributed by atoms with Gasteiger partial charge in [-0.05, 0) is 18.7 Å². The number of nitrogens with two attached hydrogens (primary N) is 1. The number of rotatable bonds is 2. The maximum absolute atomic E-state index is 11.5. The summed E-state index contributed by atoms with van der Waals surface area (Å²) in [6, 6.07) is 4.84. The maximum Gasteiger partial charge on any atom is 0.265 e. The molecule has 4 N–H and O–H groups in total. The van der Waals surface area contributed by atoms with E-state index in [9.17, 15) is 9.90 Å². The lowest BCUT2D eigenvalue weighted by atomic mass is 10.1. The van der Waals surface area contributed by atoms with Crippen molar-refractivity contribution in [3.63, 3.8) is 0 Å². The summed E-state index contributed by atoms with van der Waals surface area (Å²) in [4.78, 5) is 11.5. The molecule has 1 unspecified atom stereocenters. The van der Waals surface area contributed by atoms with Gasteiger partial charge in [-0.3, -0.25) is 4.79 Å². The van der Waals surface area contributed by atoms with Gasteiger partial charge in [0, 0.05) is 6.42 Å². The Morgan fingerprint density at radius 2 is 2.33 bits per heavy atom. The van der Waals surface area contributed by atoms with Crippen molar-refractivity contribution in [2.75, 3.05) is 11.9 Å². The molecule has 0 radical (unpaired) electrons. The maximum atomic E-state index is 11.5. The topological polar surface area (TPSA) is 84.6 Å². The highest BCUT2D eigenvalue weighted by atomic mass is 16.5. The van der Waals surface area contributed by atoms with Crippen LogP contribution < -0.4 is 15.8 Å². The van der Waals surface area contributed by atoms with Crippen LogP contribution in [0.3, 0.4) is 0 Å². The molecule has 1 aromatic carbocycles. The van der Waals surface area contributed by atoms with Gasteiger partial charge >= 0.3 is 0 Å². The zero-order chi connectivity index (χ0) is 10.8. The van der Waals surface area contributed by atoms with Crippen molar-refractivity contribution >= 4 is 11.6 Å².